The summed E-state index contributed by atoms with van der Waals surface area (Å²) in [4.78, 5) is 0. The predicted molar refractivity (Wildman–Crippen MR) is 80.7 cm³/mol. The number of ether oxygens (including phenoxy) is 1. The molecule has 1 aromatic rings. The highest BCUT2D eigenvalue weighted by molar-refractivity contribution is 5.37. The third-order valence-electron chi connectivity index (χ3n) is 4.26. The van der Waals surface area contributed by atoms with E-state index in [1.165, 1.54) is 43.2 Å². The van der Waals surface area contributed by atoms with Crippen LogP contribution in [0.25, 0.3) is 0 Å². The normalized spacial score (nSPS) is 17.6. The average molecular weight is 261 g/mol. The van der Waals surface area contributed by atoms with Crippen molar-refractivity contribution in [3.8, 4) is 5.75 Å². The first-order valence-corrected chi connectivity index (χ1v) is 7.64. The zero-order valence-corrected chi connectivity index (χ0v) is 12.5. The van der Waals surface area contributed by atoms with Gasteiger partial charge in [-0.3, -0.25) is 0 Å². The molecule has 1 aromatic carbocycles. The van der Waals surface area contributed by atoms with E-state index in [9.17, 15) is 0 Å². The van der Waals surface area contributed by atoms with Crippen molar-refractivity contribution in [1.29, 1.82) is 0 Å². The molecule has 1 saturated carbocycles. The van der Waals surface area contributed by atoms with Crippen LogP contribution in [0.4, 0.5) is 0 Å². The van der Waals surface area contributed by atoms with Crippen LogP contribution in [0, 0.1) is 12.8 Å². The molecule has 0 aromatic heterocycles. The van der Waals surface area contributed by atoms with Gasteiger partial charge in [-0.25, -0.2) is 0 Å². The highest BCUT2D eigenvalue weighted by atomic mass is 16.5. The van der Waals surface area contributed by atoms with Gasteiger partial charge in [0, 0.05) is 6.04 Å². The smallest absolute Gasteiger partial charge is 0.121 e. The molecule has 0 bridgehead atoms. The molecular formula is C17H27NO. The van der Waals surface area contributed by atoms with Gasteiger partial charge in [0.15, 0.2) is 0 Å². The third kappa shape index (κ3) is 3.50. The summed E-state index contributed by atoms with van der Waals surface area (Å²) in [5.74, 6) is 1.80. The summed E-state index contributed by atoms with van der Waals surface area (Å²) in [5.41, 5.74) is 2.67. The summed E-state index contributed by atoms with van der Waals surface area (Å²) in [6.45, 7) is 5.47. The highest BCUT2D eigenvalue weighted by Crippen LogP contribution is 2.36. The fraction of sp³-hybridized carbons (Fsp3) is 0.647. The maximum absolute atomic E-state index is 5.37. The first kappa shape index (κ1) is 14.4. The molecule has 1 N–H and O–H groups in total. The van der Waals surface area contributed by atoms with E-state index >= 15 is 0 Å². The highest BCUT2D eigenvalue weighted by Gasteiger charge is 2.26. The first-order chi connectivity index (χ1) is 9.26. The number of methoxy groups -OCH3 is 1. The first-order valence-electron chi connectivity index (χ1n) is 7.64. The van der Waals surface area contributed by atoms with Crippen molar-refractivity contribution in [1.82, 2.24) is 5.32 Å². The Morgan fingerprint density at radius 3 is 2.63 bits per heavy atom. The Morgan fingerprint density at radius 2 is 2.05 bits per heavy atom. The largest absolute Gasteiger partial charge is 0.496 e. The molecule has 2 heteroatoms. The van der Waals surface area contributed by atoms with Crippen LogP contribution >= 0.6 is 0 Å². The summed E-state index contributed by atoms with van der Waals surface area (Å²) in [5, 5.41) is 3.75. The van der Waals surface area contributed by atoms with E-state index in [0.717, 1.165) is 18.2 Å². The molecule has 0 spiro atoms. The maximum Gasteiger partial charge on any atom is 0.121 e. The second kappa shape index (κ2) is 6.95. The van der Waals surface area contributed by atoms with Gasteiger partial charge in [0.1, 0.15) is 5.75 Å². The van der Waals surface area contributed by atoms with Gasteiger partial charge in [0.25, 0.3) is 0 Å². The van der Waals surface area contributed by atoms with Gasteiger partial charge in [-0.05, 0) is 55.8 Å². The molecule has 19 heavy (non-hydrogen) atoms. The zero-order valence-electron chi connectivity index (χ0n) is 12.5. The Hall–Kier alpha value is -1.02. The number of nitrogens with one attached hydrogen (secondary N) is 1. The quantitative estimate of drug-likeness (QED) is 0.827. The fourth-order valence-corrected chi connectivity index (χ4v) is 3.24. The molecule has 2 rings (SSSR count). The fourth-order valence-electron chi connectivity index (χ4n) is 3.24. The molecule has 2 nitrogen and oxygen atoms in total. The molecule has 1 fully saturated rings. The molecule has 1 unspecified atom stereocenters. The van der Waals surface area contributed by atoms with Gasteiger partial charge < -0.3 is 10.1 Å². The van der Waals surface area contributed by atoms with Gasteiger partial charge in [-0.15, -0.1) is 0 Å². The van der Waals surface area contributed by atoms with Gasteiger partial charge in [0.05, 0.1) is 7.11 Å². The van der Waals surface area contributed by atoms with Crippen LogP contribution in [0.3, 0.4) is 0 Å². The zero-order chi connectivity index (χ0) is 13.7. The molecule has 0 amide bonds. The Bertz CT molecular complexity index is 396. The second-order valence-corrected chi connectivity index (χ2v) is 5.71. The van der Waals surface area contributed by atoms with Crippen molar-refractivity contribution < 1.29 is 4.74 Å². The van der Waals surface area contributed by atoms with Crippen LogP contribution in [-0.4, -0.2) is 13.7 Å². The molecule has 1 atom stereocenters. The number of aryl methyl sites for hydroxylation is 1. The lowest BCUT2D eigenvalue weighted by Gasteiger charge is -2.26. The SMILES string of the molecule is CCCNC(c1ccc(OC)c(C)c1)C1CCCC1. The third-order valence-corrected chi connectivity index (χ3v) is 4.26. The van der Waals surface area contributed by atoms with Crippen LogP contribution in [0.1, 0.15) is 56.2 Å². The predicted octanol–water partition coefficient (Wildman–Crippen LogP) is 4.23. The lowest BCUT2D eigenvalue weighted by Crippen LogP contribution is -2.27. The molecular weight excluding hydrogens is 234 g/mol. The topological polar surface area (TPSA) is 21.3 Å². The molecule has 0 saturated heterocycles. The number of rotatable bonds is 6. The summed E-state index contributed by atoms with van der Waals surface area (Å²) in [7, 11) is 1.74. The van der Waals surface area contributed by atoms with Crippen molar-refractivity contribution >= 4 is 0 Å². The maximum atomic E-state index is 5.37. The van der Waals surface area contributed by atoms with Crippen LogP contribution in [-0.2, 0) is 0 Å². The van der Waals surface area contributed by atoms with E-state index < -0.39 is 0 Å². The van der Waals surface area contributed by atoms with E-state index in [0.29, 0.717) is 6.04 Å². The second-order valence-electron chi connectivity index (χ2n) is 5.71. The van der Waals surface area contributed by atoms with Crippen molar-refractivity contribution in [2.75, 3.05) is 13.7 Å². The molecule has 0 aliphatic heterocycles. The van der Waals surface area contributed by atoms with E-state index in [2.05, 4.69) is 37.4 Å². The average Bonchev–Trinajstić information content (AvgIpc) is 2.93. The van der Waals surface area contributed by atoms with Crippen molar-refractivity contribution in [2.24, 2.45) is 5.92 Å². The van der Waals surface area contributed by atoms with Crippen LogP contribution in [0.5, 0.6) is 5.75 Å². The molecule has 106 valence electrons. The Labute approximate surface area is 117 Å². The number of hydrogen-bond acceptors (Lipinski definition) is 2. The summed E-state index contributed by atoms with van der Waals surface area (Å²) in [6.07, 6.45) is 6.71. The van der Waals surface area contributed by atoms with Gasteiger partial charge in [-0.2, -0.15) is 0 Å². The molecule has 0 radical (unpaired) electrons. The minimum Gasteiger partial charge on any atom is -0.496 e. The number of benzene rings is 1. The Kier molecular flexibility index (Phi) is 5.26. The van der Waals surface area contributed by atoms with Gasteiger partial charge >= 0.3 is 0 Å². The lowest BCUT2D eigenvalue weighted by molar-refractivity contribution is 0.367. The molecule has 1 aliphatic carbocycles. The van der Waals surface area contributed by atoms with Crippen LogP contribution in [0.2, 0.25) is 0 Å². The van der Waals surface area contributed by atoms with Crippen molar-refractivity contribution in [2.45, 2.75) is 52.0 Å². The van der Waals surface area contributed by atoms with E-state index in [-0.39, 0.29) is 0 Å². The molecule has 1 aliphatic rings. The van der Waals surface area contributed by atoms with Crippen LogP contribution in [0.15, 0.2) is 18.2 Å². The lowest BCUT2D eigenvalue weighted by atomic mass is 9.90. The van der Waals surface area contributed by atoms with E-state index in [1.807, 2.05) is 0 Å². The molecule has 0 heterocycles. The Balaban J connectivity index is 2.18. The minimum absolute atomic E-state index is 0.520. The van der Waals surface area contributed by atoms with E-state index in [4.69, 9.17) is 4.74 Å². The van der Waals surface area contributed by atoms with E-state index in [1.54, 1.807) is 7.11 Å². The van der Waals surface area contributed by atoms with Crippen molar-refractivity contribution in [3.05, 3.63) is 29.3 Å². The van der Waals surface area contributed by atoms with Crippen molar-refractivity contribution in [3.63, 3.8) is 0 Å². The van der Waals surface area contributed by atoms with Gasteiger partial charge in [-0.1, -0.05) is 31.9 Å². The summed E-state index contributed by atoms with van der Waals surface area (Å²) in [6, 6.07) is 7.16. The monoisotopic (exact) mass is 261 g/mol. The number of hydrogen-bond donors (Lipinski definition) is 1. The van der Waals surface area contributed by atoms with Crippen LogP contribution < -0.4 is 10.1 Å². The summed E-state index contributed by atoms with van der Waals surface area (Å²) < 4.78 is 5.37. The minimum atomic E-state index is 0.520. The summed E-state index contributed by atoms with van der Waals surface area (Å²) >= 11 is 0. The Morgan fingerprint density at radius 1 is 1.32 bits per heavy atom. The van der Waals surface area contributed by atoms with Gasteiger partial charge in [0.2, 0.25) is 0 Å². The standard InChI is InChI=1S/C17H27NO/c1-4-11-18-17(14-7-5-6-8-14)15-9-10-16(19-3)13(2)12-15/h9-10,12,14,17-18H,4-8,11H2,1-3H3.